The molecule has 2 unspecified atom stereocenters. The summed E-state index contributed by atoms with van der Waals surface area (Å²) < 4.78 is 0. The smallest absolute Gasteiger partial charge is 0.0603 e. The SMILES string of the molecule is CCC1CCC(C)N1c1cnccc1CNCC(C)C. The molecule has 0 bridgehead atoms. The normalized spacial score (nSPS) is 22.8. The zero-order chi connectivity index (χ0) is 14.5. The molecule has 1 aliphatic heterocycles. The Morgan fingerprint density at radius 2 is 2.20 bits per heavy atom. The second-order valence-electron chi connectivity index (χ2n) is 6.42. The molecule has 0 aromatic carbocycles. The Morgan fingerprint density at radius 3 is 2.90 bits per heavy atom. The fraction of sp³-hybridized carbons (Fsp3) is 0.706. The summed E-state index contributed by atoms with van der Waals surface area (Å²) in [5.74, 6) is 0.689. The third kappa shape index (κ3) is 3.51. The average molecular weight is 275 g/mol. The van der Waals surface area contributed by atoms with E-state index in [1.165, 1.54) is 30.5 Å². The van der Waals surface area contributed by atoms with Gasteiger partial charge in [-0.2, -0.15) is 0 Å². The summed E-state index contributed by atoms with van der Waals surface area (Å²) >= 11 is 0. The Balaban J connectivity index is 2.14. The summed E-state index contributed by atoms with van der Waals surface area (Å²) in [6.07, 6.45) is 7.80. The molecule has 0 aliphatic carbocycles. The van der Waals surface area contributed by atoms with Crippen molar-refractivity contribution in [2.45, 2.75) is 65.6 Å². The summed E-state index contributed by atoms with van der Waals surface area (Å²) in [6, 6.07) is 3.48. The summed E-state index contributed by atoms with van der Waals surface area (Å²) in [6.45, 7) is 11.1. The van der Waals surface area contributed by atoms with Crippen molar-refractivity contribution in [3.8, 4) is 0 Å². The predicted octanol–water partition coefficient (Wildman–Crippen LogP) is 3.59. The van der Waals surface area contributed by atoms with E-state index in [0.29, 0.717) is 18.0 Å². The lowest BCUT2D eigenvalue weighted by Crippen LogP contribution is -2.35. The Bertz CT molecular complexity index is 416. The van der Waals surface area contributed by atoms with Crippen LogP contribution in [0.15, 0.2) is 18.5 Å². The van der Waals surface area contributed by atoms with Gasteiger partial charge in [-0.05, 0) is 50.3 Å². The van der Waals surface area contributed by atoms with Crippen molar-refractivity contribution in [3.05, 3.63) is 24.0 Å². The molecule has 2 heterocycles. The quantitative estimate of drug-likeness (QED) is 0.860. The maximum atomic E-state index is 4.37. The van der Waals surface area contributed by atoms with Gasteiger partial charge in [0.25, 0.3) is 0 Å². The van der Waals surface area contributed by atoms with Gasteiger partial charge in [-0.3, -0.25) is 4.98 Å². The molecule has 2 rings (SSSR count). The van der Waals surface area contributed by atoms with Crippen LogP contribution in [0.1, 0.15) is 52.5 Å². The topological polar surface area (TPSA) is 28.2 Å². The van der Waals surface area contributed by atoms with Gasteiger partial charge in [0.2, 0.25) is 0 Å². The lowest BCUT2D eigenvalue weighted by atomic mass is 10.1. The molecule has 1 aromatic rings. The Labute approximate surface area is 123 Å². The van der Waals surface area contributed by atoms with Crippen molar-refractivity contribution in [3.63, 3.8) is 0 Å². The van der Waals surface area contributed by atoms with E-state index in [9.17, 15) is 0 Å². The maximum absolute atomic E-state index is 4.37. The van der Waals surface area contributed by atoms with Crippen molar-refractivity contribution in [1.29, 1.82) is 0 Å². The molecular weight excluding hydrogens is 246 g/mol. The second kappa shape index (κ2) is 7.07. The standard InChI is InChI=1S/C17H29N3/c1-5-16-7-6-14(4)20(16)17-12-18-9-8-15(17)11-19-10-13(2)3/h8-9,12-14,16,19H,5-7,10-11H2,1-4H3. The largest absolute Gasteiger partial charge is 0.364 e. The number of pyridine rings is 1. The van der Waals surface area contributed by atoms with Gasteiger partial charge in [-0.15, -0.1) is 0 Å². The van der Waals surface area contributed by atoms with Crippen molar-refractivity contribution in [2.75, 3.05) is 11.4 Å². The maximum Gasteiger partial charge on any atom is 0.0603 e. The van der Waals surface area contributed by atoms with E-state index < -0.39 is 0 Å². The van der Waals surface area contributed by atoms with Gasteiger partial charge in [-0.25, -0.2) is 0 Å². The third-order valence-corrected chi connectivity index (χ3v) is 4.29. The highest BCUT2D eigenvalue weighted by atomic mass is 15.2. The van der Waals surface area contributed by atoms with Gasteiger partial charge >= 0.3 is 0 Å². The molecule has 0 radical (unpaired) electrons. The van der Waals surface area contributed by atoms with E-state index in [-0.39, 0.29) is 0 Å². The lowest BCUT2D eigenvalue weighted by Gasteiger charge is -2.32. The zero-order valence-corrected chi connectivity index (χ0v) is 13.4. The van der Waals surface area contributed by atoms with Crippen LogP contribution >= 0.6 is 0 Å². The first-order valence-corrected chi connectivity index (χ1v) is 8.05. The van der Waals surface area contributed by atoms with Crippen molar-refractivity contribution in [2.24, 2.45) is 5.92 Å². The van der Waals surface area contributed by atoms with E-state index >= 15 is 0 Å². The Morgan fingerprint density at radius 1 is 1.40 bits per heavy atom. The minimum atomic E-state index is 0.632. The van der Waals surface area contributed by atoms with Gasteiger partial charge in [0.05, 0.1) is 11.9 Å². The summed E-state index contributed by atoms with van der Waals surface area (Å²) in [7, 11) is 0. The monoisotopic (exact) mass is 275 g/mol. The molecule has 0 spiro atoms. The molecule has 1 fully saturated rings. The minimum absolute atomic E-state index is 0.632. The fourth-order valence-electron chi connectivity index (χ4n) is 3.20. The number of nitrogens with zero attached hydrogens (tertiary/aromatic N) is 2. The van der Waals surface area contributed by atoms with Crippen LogP contribution < -0.4 is 10.2 Å². The van der Waals surface area contributed by atoms with Crippen molar-refractivity contribution < 1.29 is 0 Å². The van der Waals surface area contributed by atoms with E-state index in [0.717, 1.165) is 13.1 Å². The molecule has 3 heteroatoms. The van der Waals surface area contributed by atoms with Crippen molar-refractivity contribution >= 4 is 5.69 Å². The molecule has 112 valence electrons. The number of hydrogen-bond acceptors (Lipinski definition) is 3. The number of anilines is 1. The molecule has 2 atom stereocenters. The summed E-state index contributed by atoms with van der Waals surface area (Å²) in [4.78, 5) is 6.96. The van der Waals surface area contributed by atoms with Crippen LogP contribution in [-0.2, 0) is 6.54 Å². The molecule has 20 heavy (non-hydrogen) atoms. The number of hydrogen-bond donors (Lipinski definition) is 1. The molecular formula is C17H29N3. The van der Waals surface area contributed by atoms with Crippen LogP contribution in [0, 0.1) is 5.92 Å². The summed E-state index contributed by atoms with van der Waals surface area (Å²) in [5, 5.41) is 3.56. The zero-order valence-electron chi connectivity index (χ0n) is 13.4. The van der Waals surface area contributed by atoms with Gasteiger partial charge < -0.3 is 10.2 Å². The van der Waals surface area contributed by atoms with Gasteiger partial charge in [0.15, 0.2) is 0 Å². The van der Waals surface area contributed by atoms with Gasteiger partial charge in [0, 0.05) is 24.8 Å². The first-order valence-electron chi connectivity index (χ1n) is 8.05. The third-order valence-electron chi connectivity index (χ3n) is 4.29. The lowest BCUT2D eigenvalue weighted by molar-refractivity contribution is 0.549. The first-order chi connectivity index (χ1) is 9.63. The molecule has 1 aromatic heterocycles. The predicted molar refractivity (Wildman–Crippen MR) is 86.0 cm³/mol. The van der Waals surface area contributed by atoms with Crippen molar-refractivity contribution in [1.82, 2.24) is 10.3 Å². The van der Waals surface area contributed by atoms with E-state index in [4.69, 9.17) is 0 Å². The highest BCUT2D eigenvalue weighted by Gasteiger charge is 2.30. The van der Waals surface area contributed by atoms with Crippen LogP contribution in [0.5, 0.6) is 0 Å². The van der Waals surface area contributed by atoms with Gasteiger partial charge in [0.1, 0.15) is 0 Å². The van der Waals surface area contributed by atoms with E-state index in [2.05, 4.69) is 55.2 Å². The van der Waals surface area contributed by atoms with Crippen LogP contribution in [0.2, 0.25) is 0 Å². The number of aromatic nitrogens is 1. The molecule has 0 amide bonds. The Hall–Kier alpha value is -1.09. The Kier molecular flexibility index (Phi) is 5.41. The molecule has 1 saturated heterocycles. The molecule has 0 saturated carbocycles. The van der Waals surface area contributed by atoms with Crippen LogP contribution in [0.4, 0.5) is 5.69 Å². The number of rotatable bonds is 6. The van der Waals surface area contributed by atoms with Crippen LogP contribution in [-0.4, -0.2) is 23.6 Å². The molecule has 1 aliphatic rings. The molecule has 1 N–H and O–H groups in total. The average Bonchev–Trinajstić information content (AvgIpc) is 2.80. The number of nitrogens with one attached hydrogen (secondary N) is 1. The van der Waals surface area contributed by atoms with E-state index in [1.54, 1.807) is 0 Å². The fourth-order valence-corrected chi connectivity index (χ4v) is 3.20. The van der Waals surface area contributed by atoms with Gasteiger partial charge in [-0.1, -0.05) is 20.8 Å². The highest BCUT2D eigenvalue weighted by molar-refractivity contribution is 5.54. The highest BCUT2D eigenvalue weighted by Crippen LogP contribution is 2.33. The van der Waals surface area contributed by atoms with Crippen LogP contribution in [0.25, 0.3) is 0 Å². The summed E-state index contributed by atoms with van der Waals surface area (Å²) in [5.41, 5.74) is 2.72. The van der Waals surface area contributed by atoms with Crippen LogP contribution in [0.3, 0.4) is 0 Å². The first kappa shape index (κ1) is 15.3. The second-order valence-corrected chi connectivity index (χ2v) is 6.42. The van der Waals surface area contributed by atoms with E-state index in [1.807, 2.05) is 6.20 Å². The minimum Gasteiger partial charge on any atom is -0.364 e. The molecule has 3 nitrogen and oxygen atoms in total.